The van der Waals surface area contributed by atoms with Crippen molar-refractivity contribution >= 4 is 35.1 Å². The van der Waals surface area contributed by atoms with Crippen molar-refractivity contribution in [2.45, 2.75) is 12.3 Å². The largest absolute Gasteiger partial charge is 0.449 e. The molecule has 5 nitrogen and oxygen atoms in total. The molecule has 0 radical (unpaired) electrons. The smallest absolute Gasteiger partial charge is 0.429 e. The van der Waals surface area contributed by atoms with Crippen LogP contribution in [0.3, 0.4) is 0 Å². The molecule has 1 aliphatic rings. The van der Waals surface area contributed by atoms with Crippen molar-refractivity contribution in [1.82, 2.24) is 9.79 Å². The first-order chi connectivity index (χ1) is 13.6. The minimum Gasteiger partial charge on any atom is -0.429 e. The number of benzene rings is 2. The Morgan fingerprint density at radius 2 is 2.07 bits per heavy atom. The molecule has 1 aliphatic heterocycles. The molecule has 0 amide bonds. The number of pyridine rings is 1. The van der Waals surface area contributed by atoms with E-state index in [4.69, 9.17) is 5.73 Å². The zero-order valence-electron chi connectivity index (χ0n) is 15.7. The van der Waals surface area contributed by atoms with Crippen LogP contribution in [0.2, 0.25) is 0 Å². The highest BCUT2D eigenvalue weighted by Gasteiger charge is 2.27. The van der Waals surface area contributed by atoms with Crippen LogP contribution in [-0.4, -0.2) is 41.2 Å². The molecule has 0 spiro atoms. The van der Waals surface area contributed by atoms with E-state index in [1.165, 1.54) is 0 Å². The minimum atomic E-state index is -0.673. The Morgan fingerprint density at radius 3 is 2.89 bits per heavy atom. The lowest BCUT2D eigenvalue weighted by Crippen LogP contribution is -2.46. The predicted molar refractivity (Wildman–Crippen MR) is 113 cm³/mol. The van der Waals surface area contributed by atoms with Crippen molar-refractivity contribution in [3.63, 3.8) is 0 Å². The average Bonchev–Trinajstić information content (AvgIpc) is 2.71. The van der Waals surface area contributed by atoms with E-state index >= 15 is 0 Å². The van der Waals surface area contributed by atoms with Crippen molar-refractivity contribution in [2.75, 3.05) is 13.6 Å². The Balaban J connectivity index is 1.58. The Hall–Kier alpha value is -2.96. The molecule has 6 heteroatoms. The van der Waals surface area contributed by atoms with Crippen molar-refractivity contribution in [3.8, 4) is 0 Å². The summed E-state index contributed by atoms with van der Waals surface area (Å²) in [6.45, 7) is 0.251. The molecule has 0 fully saturated rings. The molecular weight excluding hydrogens is 349 g/mol. The number of hydrogen-bond donors (Lipinski definition) is 2. The molecule has 0 saturated carbocycles. The van der Waals surface area contributed by atoms with Gasteiger partial charge < -0.3 is 15.6 Å². The predicted octanol–water partition coefficient (Wildman–Crippen LogP) is 1.69. The van der Waals surface area contributed by atoms with E-state index in [0.717, 1.165) is 32.9 Å². The second-order valence-corrected chi connectivity index (χ2v) is 7.23. The van der Waals surface area contributed by atoms with E-state index in [1.807, 2.05) is 68.0 Å². The molecule has 4 rings (SSSR count). The Kier molecular flexibility index (Phi) is 4.98. The van der Waals surface area contributed by atoms with Crippen molar-refractivity contribution in [2.24, 2.45) is 5.73 Å². The highest BCUT2D eigenvalue weighted by atomic mass is 16.2. The fraction of sp³-hybridized carbons (Fsp3) is 0.182. The molecule has 140 valence electrons. The zero-order valence-corrected chi connectivity index (χ0v) is 15.7. The second-order valence-electron chi connectivity index (χ2n) is 7.23. The SMILES string of the molecule is CN1C=Cc2cc([C@@H](CN)C(=O)Cc3ccc4cnccc4c3)ccc2B1O. The van der Waals surface area contributed by atoms with E-state index in [0.29, 0.717) is 6.42 Å². The average molecular weight is 371 g/mol. The molecule has 2 heterocycles. The van der Waals surface area contributed by atoms with Gasteiger partial charge in [0.25, 0.3) is 0 Å². The van der Waals surface area contributed by atoms with Gasteiger partial charge in [-0.1, -0.05) is 36.4 Å². The van der Waals surface area contributed by atoms with E-state index < -0.39 is 7.05 Å². The maximum Gasteiger partial charge on any atom is 0.449 e. The molecule has 3 N–H and O–H groups in total. The van der Waals surface area contributed by atoms with E-state index in [2.05, 4.69) is 4.98 Å². The number of nitrogens with zero attached hydrogens (tertiary/aromatic N) is 2. The van der Waals surface area contributed by atoms with Crippen LogP contribution in [0.5, 0.6) is 0 Å². The van der Waals surface area contributed by atoms with Crippen LogP contribution in [0.1, 0.15) is 22.6 Å². The van der Waals surface area contributed by atoms with Gasteiger partial charge in [-0.15, -0.1) is 0 Å². The summed E-state index contributed by atoms with van der Waals surface area (Å²) in [4.78, 5) is 18.9. The summed E-state index contributed by atoms with van der Waals surface area (Å²) in [5.41, 5.74) is 9.58. The van der Waals surface area contributed by atoms with Crippen LogP contribution >= 0.6 is 0 Å². The van der Waals surface area contributed by atoms with Gasteiger partial charge in [0.1, 0.15) is 5.78 Å². The molecule has 3 aromatic rings. The summed E-state index contributed by atoms with van der Waals surface area (Å²) in [6.07, 6.45) is 7.68. The maximum atomic E-state index is 13.0. The molecule has 0 unspecified atom stereocenters. The number of ketones is 1. The number of rotatable bonds is 5. The molecule has 1 atom stereocenters. The van der Waals surface area contributed by atoms with E-state index in [-0.39, 0.29) is 18.2 Å². The first-order valence-corrected chi connectivity index (χ1v) is 9.34. The molecular formula is C22H22BN3O2. The Bertz CT molecular complexity index is 1070. The van der Waals surface area contributed by atoms with Gasteiger partial charge >= 0.3 is 7.05 Å². The standard InChI is InChI=1S/C22H22BN3O2/c1-26-9-7-18-12-17(4-5-21(18)23(26)28)20(13-24)22(27)11-15-2-3-19-14-25-8-6-16(19)10-15/h2-10,12,14,20,28H,11,13,24H2,1H3/t20-/m1/s1. The quantitative estimate of drug-likeness (QED) is 0.668. The number of hydrogen-bond acceptors (Lipinski definition) is 5. The molecule has 2 aromatic carbocycles. The number of fused-ring (bicyclic) bond motifs is 2. The van der Waals surface area contributed by atoms with Crippen molar-refractivity contribution in [1.29, 1.82) is 0 Å². The van der Waals surface area contributed by atoms with Crippen molar-refractivity contribution < 1.29 is 9.82 Å². The van der Waals surface area contributed by atoms with Gasteiger partial charge in [-0.2, -0.15) is 0 Å². The number of nitrogens with two attached hydrogens (primary N) is 1. The summed E-state index contributed by atoms with van der Waals surface area (Å²) in [6, 6.07) is 13.7. The molecule has 1 aromatic heterocycles. The van der Waals surface area contributed by atoms with Gasteiger partial charge in [0, 0.05) is 30.7 Å². The minimum absolute atomic E-state index is 0.0910. The number of Topliss-reactive ketones (excluding diaryl/α,β-unsaturated/α-hetero) is 1. The van der Waals surface area contributed by atoms with Crippen LogP contribution in [0.15, 0.2) is 61.1 Å². The second kappa shape index (κ2) is 7.58. The van der Waals surface area contributed by atoms with Crippen LogP contribution in [0.25, 0.3) is 16.8 Å². The fourth-order valence-corrected chi connectivity index (χ4v) is 3.71. The number of carbonyl (C=O) groups is 1. The third-order valence-corrected chi connectivity index (χ3v) is 5.37. The van der Waals surface area contributed by atoms with E-state index in [9.17, 15) is 9.82 Å². The lowest BCUT2D eigenvalue weighted by Gasteiger charge is -2.25. The monoisotopic (exact) mass is 371 g/mol. The summed E-state index contributed by atoms with van der Waals surface area (Å²) in [5.74, 6) is -0.281. The Morgan fingerprint density at radius 1 is 1.21 bits per heavy atom. The third-order valence-electron chi connectivity index (χ3n) is 5.37. The van der Waals surface area contributed by atoms with E-state index in [1.54, 1.807) is 11.0 Å². The van der Waals surface area contributed by atoms with Crippen LogP contribution in [0.4, 0.5) is 0 Å². The van der Waals surface area contributed by atoms with Gasteiger partial charge in [-0.25, -0.2) is 0 Å². The summed E-state index contributed by atoms with van der Waals surface area (Å²) in [7, 11) is 1.15. The van der Waals surface area contributed by atoms with Gasteiger partial charge in [-0.05, 0) is 52.9 Å². The summed E-state index contributed by atoms with van der Waals surface area (Å²) in [5, 5.41) is 12.4. The first-order valence-electron chi connectivity index (χ1n) is 9.34. The number of aromatic nitrogens is 1. The van der Waals surface area contributed by atoms with Crippen LogP contribution < -0.4 is 11.2 Å². The third kappa shape index (κ3) is 3.44. The van der Waals surface area contributed by atoms with Gasteiger partial charge in [0.15, 0.2) is 0 Å². The normalized spacial score (nSPS) is 14.2. The lowest BCUT2D eigenvalue weighted by molar-refractivity contribution is -0.119. The van der Waals surface area contributed by atoms with Crippen LogP contribution in [0, 0.1) is 0 Å². The van der Waals surface area contributed by atoms with Gasteiger partial charge in [0.2, 0.25) is 0 Å². The van der Waals surface area contributed by atoms with Crippen LogP contribution in [-0.2, 0) is 11.2 Å². The topological polar surface area (TPSA) is 79.5 Å². The molecule has 28 heavy (non-hydrogen) atoms. The lowest BCUT2D eigenvalue weighted by atomic mass is 9.67. The van der Waals surface area contributed by atoms with Gasteiger partial charge in [-0.3, -0.25) is 9.78 Å². The summed E-state index contributed by atoms with van der Waals surface area (Å²) < 4.78 is 0. The highest BCUT2D eigenvalue weighted by molar-refractivity contribution is 6.65. The number of carbonyl (C=O) groups excluding carboxylic acids is 1. The van der Waals surface area contributed by atoms with Gasteiger partial charge in [0.05, 0.1) is 5.92 Å². The molecule has 0 saturated heterocycles. The molecule has 0 aliphatic carbocycles. The summed E-state index contributed by atoms with van der Waals surface area (Å²) >= 11 is 0. The molecule has 0 bridgehead atoms. The maximum absolute atomic E-state index is 13.0. The zero-order chi connectivity index (χ0) is 19.7. The first kappa shape index (κ1) is 18.4. The Labute approximate surface area is 164 Å². The highest BCUT2D eigenvalue weighted by Crippen LogP contribution is 2.22. The fourth-order valence-electron chi connectivity index (χ4n) is 3.71. The van der Waals surface area contributed by atoms with Crippen molar-refractivity contribution in [3.05, 3.63) is 77.7 Å².